The maximum Gasteiger partial charge on any atom is 0.251 e. The molecule has 0 spiro atoms. The van der Waals surface area contributed by atoms with Crippen LogP contribution in [-0.2, 0) is 20.8 Å². The van der Waals surface area contributed by atoms with E-state index in [0.29, 0.717) is 31.2 Å². The summed E-state index contributed by atoms with van der Waals surface area (Å²) in [5.41, 5.74) is 6.52. The molecule has 0 radical (unpaired) electrons. The number of halogens is 1. The summed E-state index contributed by atoms with van der Waals surface area (Å²) in [6.07, 6.45) is 1.08. The van der Waals surface area contributed by atoms with E-state index in [1.54, 1.807) is 19.2 Å². The zero-order valence-corrected chi connectivity index (χ0v) is 20.6. The molecule has 0 bridgehead atoms. The summed E-state index contributed by atoms with van der Waals surface area (Å²) >= 11 is 0. The molecule has 1 aromatic rings. The van der Waals surface area contributed by atoms with Crippen LogP contribution in [0.4, 0.5) is 0 Å². The Morgan fingerprint density at radius 2 is 1.97 bits per heavy atom. The quantitative estimate of drug-likeness (QED) is 0.165. The smallest absolute Gasteiger partial charge is 0.251 e. The van der Waals surface area contributed by atoms with Gasteiger partial charge >= 0.3 is 0 Å². The minimum atomic E-state index is -0.573. The van der Waals surface area contributed by atoms with Gasteiger partial charge in [-0.3, -0.25) is 9.59 Å². The molecule has 1 fully saturated rings. The monoisotopic (exact) mass is 547 g/mol. The Hall–Kier alpha value is -1.92. The fraction of sp³-hybridized carbons (Fsp3) is 0.571. The van der Waals surface area contributed by atoms with Gasteiger partial charge in [-0.2, -0.15) is 0 Å². The summed E-state index contributed by atoms with van der Waals surface area (Å²) in [7, 11) is 1.67. The van der Waals surface area contributed by atoms with Crippen LogP contribution >= 0.6 is 24.0 Å². The summed E-state index contributed by atoms with van der Waals surface area (Å²) in [4.78, 5) is 29.7. The number of ether oxygens (including phenoxy) is 2. The summed E-state index contributed by atoms with van der Waals surface area (Å²) in [5.74, 6) is 0.480. The highest BCUT2D eigenvalue weighted by Crippen LogP contribution is 2.17. The first kappa shape index (κ1) is 27.1. The van der Waals surface area contributed by atoms with Crippen LogP contribution in [0, 0.1) is 5.92 Å². The number of nitrogens with one attached hydrogen (secondary N) is 2. The second-order valence-corrected chi connectivity index (χ2v) is 7.18. The number of hydrogen-bond donors (Lipinski definition) is 3. The second-order valence-electron chi connectivity index (χ2n) is 7.18. The zero-order chi connectivity index (χ0) is 21.8. The van der Waals surface area contributed by atoms with Gasteiger partial charge < -0.3 is 30.7 Å². The van der Waals surface area contributed by atoms with Crippen molar-refractivity contribution in [2.24, 2.45) is 16.6 Å². The lowest BCUT2D eigenvalue weighted by molar-refractivity contribution is -0.117. The van der Waals surface area contributed by atoms with E-state index in [4.69, 9.17) is 20.2 Å². The van der Waals surface area contributed by atoms with Gasteiger partial charge in [0, 0.05) is 38.2 Å². The van der Waals surface area contributed by atoms with Crippen LogP contribution in [0.5, 0.6) is 0 Å². The molecular formula is C21H34IN5O4. The van der Waals surface area contributed by atoms with E-state index >= 15 is 0 Å². The summed E-state index contributed by atoms with van der Waals surface area (Å²) in [5, 5.41) is 5.83. The van der Waals surface area contributed by atoms with Gasteiger partial charge in [-0.25, -0.2) is 4.99 Å². The molecule has 2 amide bonds. The minimum absolute atomic E-state index is 0. The van der Waals surface area contributed by atoms with Crippen molar-refractivity contribution in [2.45, 2.75) is 19.9 Å². The van der Waals surface area contributed by atoms with E-state index < -0.39 is 5.91 Å². The van der Waals surface area contributed by atoms with Gasteiger partial charge in [0.25, 0.3) is 5.91 Å². The van der Waals surface area contributed by atoms with Gasteiger partial charge in [-0.15, -0.1) is 24.0 Å². The molecule has 2 rings (SSSR count). The Morgan fingerprint density at radius 3 is 2.61 bits per heavy atom. The average Bonchev–Trinajstić information content (AvgIpc) is 3.21. The molecule has 0 saturated carbocycles. The highest BCUT2D eigenvalue weighted by Gasteiger charge is 2.24. The first-order valence-electron chi connectivity index (χ1n) is 10.3. The first-order valence-corrected chi connectivity index (χ1v) is 10.3. The Morgan fingerprint density at radius 1 is 1.23 bits per heavy atom. The van der Waals surface area contributed by atoms with E-state index in [1.165, 1.54) is 0 Å². The van der Waals surface area contributed by atoms with Crippen LogP contribution in [0.2, 0.25) is 0 Å². The Balaban J connectivity index is 0.00000480. The molecule has 1 aliphatic heterocycles. The number of aliphatic imine (C=N–C) groups is 1. The summed E-state index contributed by atoms with van der Waals surface area (Å²) in [6, 6.07) is 7.17. The van der Waals surface area contributed by atoms with Crippen molar-refractivity contribution in [1.29, 1.82) is 0 Å². The first-order chi connectivity index (χ1) is 14.5. The van der Waals surface area contributed by atoms with Gasteiger partial charge in [-0.05, 0) is 31.0 Å². The van der Waals surface area contributed by atoms with Crippen LogP contribution in [0.3, 0.4) is 0 Å². The molecule has 1 heterocycles. The van der Waals surface area contributed by atoms with Crippen LogP contribution < -0.4 is 16.4 Å². The van der Waals surface area contributed by atoms with Gasteiger partial charge in [0.15, 0.2) is 5.96 Å². The molecule has 1 atom stereocenters. The molecule has 0 aromatic heterocycles. The second kappa shape index (κ2) is 15.0. The largest absolute Gasteiger partial charge is 0.382 e. The van der Waals surface area contributed by atoms with Crippen LogP contribution in [0.1, 0.15) is 29.3 Å². The van der Waals surface area contributed by atoms with E-state index in [1.807, 2.05) is 12.1 Å². The Labute approximate surface area is 201 Å². The SMILES string of the molecule is CCNC(=NCc1ccc(C(=O)NCC(N)=O)cc1)N1CCC(COCCOC)C1.I. The number of guanidine groups is 1. The van der Waals surface area contributed by atoms with Crippen molar-refractivity contribution in [3.05, 3.63) is 35.4 Å². The maximum absolute atomic E-state index is 11.9. The number of benzene rings is 1. The Bertz CT molecular complexity index is 714. The Kier molecular flexibility index (Phi) is 13.1. The van der Waals surface area contributed by atoms with Crippen molar-refractivity contribution in [3.63, 3.8) is 0 Å². The van der Waals surface area contributed by atoms with Crippen LogP contribution in [-0.4, -0.2) is 75.8 Å². The number of amides is 2. The van der Waals surface area contributed by atoms with Gasteiger partial charge in [0.1, 0.15) is 0 Å². The zero-order valence-electron chi connectivity index (χ0n) is 18.3. The van der Waals surface area contributed by atoms with Crippen LogP contribution in [0.25, 0.3) is 0 Å². The number of likely N-dealkylation sites (tertiary alicyclic amines) is 1. The average molecular weight is 547 g/mol. The fourth-order valence-corrected chi connectivity index (χ4v) is 3.18. The number of methoxy groups -OCH3 is 1. The minimum Gasteiger partial charge on any atom is -0.382 e. The van der Waals surface area contributed by atoms with E-state index in [0.717, 1.165) is 44.2 Å². The molecule has 0 aliphatic carbocycles. The fourth-order valence-electron chi connectivity index (χ4n) is 3.18. The number of primary amides is 1. The molecule has 1 aliphatic rings. The molecule has 31 heavy (non-hydrogen) atoms. The van der Waals surface area contributed by atoms with Crippen molar-refractivity contribution in [1.82, 2.24) is 15.5 Å². The van der Waals surface area contributed by atoms with Crippen molar-refractivity contribution in [3.8, 4) is 0 Å². The molecule has 1 saturated heterocycles. The highest BCUT2D eigenvalue weighted by molar-refractivity contribution is 14.0. The number of carbonyl (C=O) groups excluding carboxylic acids is 2. The molecular weight excluding hydrogens is 513 g/mol. The normalized spacial score (nSPS) is 16.0. The van der Waals surface area contributed by atoms with Gasteiger partial charge in [0.05, 0.1) is 32.9 Å². The number of nitrogens with zero attached hydrogens (tertiary/aromatic N) is 2. The standard InChI is InChI=1S/C21H33N5O4.HI/c1-3-23-21(26-9-8-17(14-26)15-30-11-10-29-2)25-12-16-4-6-18(7-5-16)20(28)24-13-19(22)27;/h4-7,17H,3,8-15H2,1-2H3,(H2,22,27)(H,23,25)(H,24,28);1H. The third-order valence-electron chi connectivity index (χ3n) is 4.76. The number of nitrogens with two attached hydrogens (primary N) is 1. The summed E-state index contributed by atoms with van der Waals surface area (Å²) in [6.45, 7) is 7.02. The highest BCUT2D eigenvalue weighted by atomic mass is 127. The van der Waals surface area contributed by atoms with Gasteiger partial charge in [0.2, 0.25) is 5.91 Å². The van der Waals surface area contributed by atoms with Gasteiger partial charge in [-0.1, -0.05) is 12.1 Å². The molecule has 174 valence electrons. The number of carbonyl (C=O) groups is 2. The molecule has 1 unspecified atom stereocenters. The van der Waals surface area contributed by atoms with Crippen LogP contribution in [0.15, 0.2) is 29.3 Å². The van der Waals surface area contributed by atoms with E-state index in [2.05, 4.69) is 22.5 Å². The van der Waals surface area contributed by atoms with Crippen molar-refractivity contribution in [2.75, 3.05) is 53.1 Å². The lowest BCUT2D eigenvalue weighted by atomic mass is 10.1. The predicted molar refractivity (Wildman–Crippen MR) is 131 cm³/mol. The molecule has 10 heteroatoms. The third-order valence-corrected chi connectivity index (χ3v) is 4.76. The van der Waals surface area contributed by atoms with E-state index in [9.17, 15) is 9.59 Å². The maximum atomic E-state index is 11.9. The topological polar surface area (TPSA) is 118 Å². The summed E-state index contributed by atoms with van der Waals surface area (Å²) < 4.78 is 10.7. The number of rotatable bonds is 11. The molecule has 9 nitrogen and oxygen atoms in total. The number of hydrogen-bond acceptors (Lipinski definition) is 5. The lowest BCUT2D eigenvalue weighted by Crippen LogP contribution is -2.40. The lowest BCUT2D eigenvalue weighted by Gasteiger charge is -2.21. The van der Waals surface area contributed by atoms with Crippen molar-refractivity contribution < 1.29 is 19.1 Å². The van der Waals surface area contributed by atoms with E-state index in [-0.39, 0.29) is 36.4 Å². The third kappa shape index (κ3) is 9.83. The molecule has 4 N–H and O–H groups in total. The molecule has 1 aromatic carbocycles. The predicted octanol–water partition coefficient (Wildman–Crippen LogP) is 0.970. The van der Waals surface area contributed by atoms with Crippen molar-refractivity contribution >= 4 is 41.8 Å².